The summed E-state index contributed by atoms with van der Waals surface area (Å²) in [7, 11) is -3.87. The molecule has 3 N–H and O–H groups in total. The van der Waals surface area contributed by atoms with E-state index in [9.17, 15) is 23.8 Å². The van der Waals surface area contributed by atoms with Crippen molar-refractivity contribution in [3.8, 4) is 0 Å². The number of ether oxygens (including phenoxy) is 1. The van der Waals surface area contributed by atoms with Crippen LogP contribution in [0.2, 0.25) is 0 Å². The fraction of sp³-hybridized carbons (Fsp3) is 0.400. The van der Waals surface area contributed by atoms with Gasteiger partial charge in [0.1, 0.15) is 19.3 Å². The molecular formula is C25H33N2O7P. The lowest BCUT2D eigenvalue weighted by atomic mass is 10.00. The van der Waals surface area contributed by atoms with Gasteiger partial charge in [0.2, 0.25) is 5.91 Å². The summed E-state index contributed by atoms with van der Waals surface area (Å²) in [6, 6.07) is 16.2. The van der Waals surface area contributed by atoms with Crippen LogP contribution >= 0.6 is 7.60 Å². The number of benzene rings is 2. The van der Waals surface area contributed by atoms with Gasteiger partial charge >= 0.3 is 13.7 Å². The molecule has 0 aliphatic heterocycles. The van der Waals surface area contributed by atoms with Gasteiger partial charge in [0.05, 0.1) is 6.04 Å². The number of carbonyl (C=O) groups is 3. The van der Waals surface area contributed by atoms with Crippen molar-refractivity contribution in [2.24, 2.45) is 5.92 Å². The van der Waals surface area contributed by atoms with Crippen molar-refractivity contribution < 1.29 is 33.1 Å². The van der Waals surface area contributed by atoms with E-state index in [4.69, 9.17) is 9.26 Å². The van der Waals surface area contributed by atoms with Crippen LogP contribution in [0.4, 0.5) is 4.79 Å². The first kappa shape index (κ1) is 28.2. The van der Waals surface area contributed by atoms with E-state index in [0.29, 0.717) is 6.42 Å². The largest absolute Gasteiger partial charge is 0.445 e. The number of hydrogen-bond acceptors (Lipinski definition) is 6. The average Bonchev–Trinajstić information content (AvgIpc) is 2.81. The number of ketones is 1. The highest BCUT2D eigenvalue weighted by Gasteiger charge is 2.29. The van der Waals surface area contributed by atoms with Crippen LogP contribution in [0.25, 0.3) is 0 Å². The Morgan fingerprint density at radius 1 is 0.914 bits per heavy atom. The van der Waals surface area contributed by atoms with Crippen LogP contribution in [-0.2, 0) is 36.4 Å². The molecule has 0 aromatic heterocycles. The number of carbonyl (C=O) groups excluding carboxylic acids is 3. The van der Waals surface area contributed by atoms with E-state index in [1.165, 1.54) is 0 Å². The zero-order chi connectivity index (χ0) is 25.8. The first-order valence-electron chi connectivity index (χ1n) is 11.3. The van der Waals surface area contributed by atoms with E-state index in [1.54, 1.807) is 24.3 Å². The summed E-state index contributed by atoms with van der Waals surface area (Å²) in [5.41, 5.74) is 1.59. The highest BCUT2D eigenvalue weighted by Crippen LogP contribution is 2.36. The molecule has 0 radical (unpaired) electrons. The van der Waals surface area contributed by atoms with Crippen molar-refractivity contribution in [1.29, 1.82) is 0 Å². The molecule has 0 bridgehead atoms. The second-order valence-electron chi connectivity index (χ2n) is 8.68. The van der Waals surface area contributed by atoms with Gasteiger partial charge in [0, 0.05) is 6.66 Å². The Balaban J connectivity index is 2.09. The maximum Gasteiger partial charge on any atom is 0.408 e. The molecular weight excluding hydrogens is 471 g/mol. The second-order valence-corrected chi connectivity index (χ2v) is 10.5. The molecule has 2 aromatic rings. The van der Waals surface area contributed by atoms with E-state index in [0.717, 1.165) is 17.8 Å². The molecule has 9 nitrogen and oxygen atoms in total. The van der Waals surface area contributed by atoms with Gasteiger partial charge < -0.3 is 24.8 Å². The van der Waals surface area contributed by atoms with Crippen LogP contribution in [0.15, 0.2) is 60.7 Å². The lowest BCUT2D eigenvalue weighted by molar-refractivity contribution is -0.130. The van der Waals surface area contributed by atoms with E-state index in [-0.39, 0.29) is 18.9 Å². The Labute approximate surface area is 205 Å². The van der Waals surface area contributed by atoms with Gasteiger partial charge in [-0.2, -0.15) is 0 Å². The highest BCUT2D eigenvalue weighted by atomic mass is 31.2. The van der Waals surface area contributed by atoms with E-state index in [2.05, 4.69) is 10.6 Å². The molecule has 0 heterocycles. The fourth-order valence-corrected chi connectivity index (χ4v) is 3.63. The third-order valence-electron chi connectivity index (χ3n) is 4.96. The highest BCUT2D eigenvalue weighted by molar-refractivity contribution is 7.51. The summed E-state index contributed by atoms with van der Waals surface area (Å²) in [6.45, 7) is 4.20. The Morgan fingerprint density at radius 2 is 1.49 bits per heavy atom. The number of hydrogen-bond donors (Lipinski definition) is 3. The van der Waals surface area contributed by atoms with E-state index in [1.807, 2.05) is 50.2 Å². The molecule has 0 saturated carbocycles. The van der Waals surface area contributed by atoms with Gasteiger partial charge in [0.15, 0.2) is 5.78 Å². The van der Waals surface area contributed by atoms with Crippen LogP contribution in [0.1, 0.15) is 31.4 Å². The summed E-state index contributed by atoms with van der Waals surface area (Å²) >= 11 is 0. The summed E-state index contributed by atoms with van der Waals surface area (Å²) in [5.74, 6) is -1.06. The molecule has 1 unspecified atom stereocenters. The molecule has 0 aliphatic carbocycles. The van der Waals surface area contributed by atoms with Gasteiger partial charge in [-0.25, -0.2) is 4.79 Å². The minimum atomic E-state index is -3.87. The second kappa shape index (κ2) is 13.8. The quantitative estimate of drug-likeness (QED) is 0.356. The van der Waals surface area contributed by atoms with Crippen molar-refractivity contribution in [3.63, 3.8) is 0 Å². The van der Waals surface area contributed by atoms with Gasteiger partial charge in [-0.3, -0.25) is 14.2 Å². The normalized spacial score (nSPS) is 14.4. The molecule has 35 heavy (non-hydrogen) atoms. The minimum absolute atomic E-state index is 0.0490. The van der Waals surface area contributed by atoms with Gasteiger partial charge in [-0.15, -0.1) is 0 Å². The Bertz CT molecular complexity index is 1010. The maximum absolute atomic E-state index is 13.1. The molecule has 2 aromatic carbocycles. The number of nitrogens with one attached hydrogen (secondary N) is 2. The molecule has 0 saturated heterocycles. The summed E-state index contributed by atoms with van der Waals surface area (Å²) in [6.07, 6.45) is -0.284. The average molecular weight is 505 g/mol. The zero-order valence-corrected chi connectivity index (χ0v) is 21.1. The van der Waals surface area contributed by atoms with Crippen molar-refractivity contribution in [2.75, 3.05) is 13.3 Å². The fourth-order valence-electron chi connectivity index (χ4n) is 3.26. The third kappa shape index (κ3) is 11.3. The standard InChI is InChI=1S/C25H33N2O7P/c1-18(2)14-22(27-25(30)33-16-20-12-8-5-9-13-20)24(29)26-21(15-19-10-6-4-7-11-19)23(28)17-34-35(3,31)32/h4-13,18,21-22H,14-17H2,1-3H3,(H,26,29)(H,27,30)(H,31,32)/t21-,22-/m0/s1. The Morgan fingerprint density at radius 3 is 2.03 bits per heavy atom. The van der Waals surface area contributed by atoms with Crippen molar-refractivity contribution >= 4 is 25.4 Å². The third-order valence-corrected chi connectivity index (χ3v) is 5.57. The van der Waals surface area contributed by atoms with Crippen LogP contribution < -0.4 is 10.6 Å². The van der Waals surface area contributed by atoms with E-state index >= 15 is 0 Å². The number of Topliss-reactive ketones (excluding diaryl/α,β-unsaturated/α-hetero) is 1. The number of rotatable bonds is 13. The zero-order valence-electron chi connectivity index (χ0n) is 20.2. The number of amides is 2. The first-order chi connectivity index (χ1) is 16.5. The van der Waals surface area contributed by atoms with E-state index < -0.39 is 44.1 Å². The van der Waals surface area contributed by atoms with Crippen molar-refractivity contribution in [3.05, 3.63) is 71.8 Å². The molecule has 0 fully saturated rings. The van der Waals surface area contributed by atoms with Crippen LogP contribution in [0, 0.1) is 5.92 Å². The lowest BCUT2D eigenvalue weighted by Crippen LogP contribution is -2.53. The topological polar surface area (TPSA) is 131 Å². The minimum Gasteiger partial charge on any atom is -0.445 e. The first-order valence-corrected chi connectivity index (χ1v) is 13.3. The van der Waals surface area contributed by atoms with Gasteiger partial charge in [-0.05, 0) is 29.9 Å². The molecule has 0 spiro atoms. The van der Waals surface area contributed by atoms with Crippen LogP contribution in [0.5, 0.6) is 0 Å². The predicted octanol–water partition coefficient (Wildman–Crippen LogP) is 3.46. The summed E-state index contributed by atoms with van der Waals surface area (Å²) in [4.78, 5) is 47.6. The molecule has 190 valence electrons. The maximum atomic E-state index is 13.1. The van der Waals surface area contributed by atoms with Gasteiger partial charge in [-0.1, -0.05) is 74.5 Å². The lowest BCUT2D eigenvalue weighted by Gasteiger charge is -2.24. The smallest absolute Gasteiger partial charge is 0.408 e. The summed E-state index contributed by atoms with van der Waals surface area (Å²) in [5, 5.41) is 5.26. The van der Waals surface area contributed by atoms with Crippen LogP contribution in [-0.4, -0.2) is 48.0 Å². The monoisotopic (exact) mass is 504 g/mol. The predicted molar refractivity (Wildman–Crippen MR) is 132 cm³/mol. The van der Waals surface area contributed by atoms with Crippen molar-refractivity contribution in [1.82, 2.24) is 10.6 Å². The van der Waals surface area contributed by atoms with Gasteiger partial charge in [0.25, 0.3) is 0 Å². The molecule has 0 aliphatic rings. The molecule has 2 amide bonds. The number of alkyl carbamates (subject to hydrolysis) is 1. The molecule has 2 rings (SSSR count). The SMILES string of the molecule is CC(C)C[C@H](NC(=O)OCc1ccccc1)C(=O)N[C@@H](Cc1ccccc1)C(=O)COP(C)(=O)O. The summed E-state index contributed by atoms with van der Waals surface area (Å²) < 4.78 is 21.5. The molecule has 3 atom stereocenters. The van der Waals surface area contributed by atoms with Crippen molar-refractivity contribution in [2.45, 2.75) is 45.4 Å². The van der Waals surface area contributed by atoms with Crippen LogP contribution in [0.3, 0.4) is 0 Å². The Kier molecular flexibility index (Phi) is 11.1. The Hall–Kier alpha value is -3.00. The molecule has 10 heteroatoms.